The molecule has 0 fully saturated rings. The van der Waals surface area contributed by atoms with Crippen LogP contribution in [0.15, 0.2) is 33.0 Å². The van der Waals surface area contributed by atoms with Gasteiger partial charge in [-0.3, -0.25) is 0 Å². The molecule has 1 aromatic rings. The van der Waals surface area contributed by atoms with Gasteiger partial charge in [0.2, 0.25) is 9.84 Å². The van der Waals surface area contributed by atoms with Gasteiger partial charge in [0, 0.05) is 21.5 Å². The summed E-state index contributed by atoms with van der Waals surface area (Å²) in [6.45, 7) is 1.86. The molecular formula is C11H12BrNO2S. The first kappa shape index (κ1) is 11.8. The van der Waals surface area contributed by atoms with Crippen molar-refractivity contribution in [2.75, 3.05) is 0 Å². The maximum Gasteiger partial charge on any atom is 0.200 e. The lowest BCUT2D eigenvalue weighted by atomic mass is 10.0. The van der Waals surface area contributed by atoms with E-state index in [1.54, 1.807) is 12.1 Å². The van der Waals surface area contributed by atoms with E-state index in [-0.39, 0.29) is 6.04 Å². The van der Waals surface area contributed by atoms with Crippen LogP contribution in [0.4, 0.5) is 0 Å². The standard InChI is InChI=1S/C11H12BrNO2S/c1-7(13)5-8-6-16(14,15)10-4-2-3-9(12)11(8)10/h2-4,6-7H,5,13H2,1H3. The summed E-state index contributed by atoms with van der Waals surface area (Å²) < 4.78 is 24.5. The van der Waals surface area contributed by atoms with Crippen LogP contribution in [0.2, 0.25) is 0 Å². The largest absolute Gasteiger partial charge is 0.328 e. The highest BCUT2D eigenvalue weighted by Crippen LogP contribution is 2.39. The zero-order valence-electron chi connectivity index (χ0n) is 8.77. The Morgan fingerprint density at radius 1 is 1.44 bits per heavy atom. The summed E-state index contributed by atoms with van der Waals surface area (Å²) in [5.41, 5.74) is 7.27. The van der Waals surface area contributed by atoms with Crippen LogP contribution in [0.3, 0.4) is 0 Å². The Bertz CT molecular complexity index is 561. The SMILES string of the molecule is CC(N)CC1=CS(=O)(=O)c2cccc(Br)c21. The number of benzene rings is 1. The second-order valence-electron chi connectivity index (χ2n) is 3.98. The summed E-state index contributed by atoms with van der Waals surface area (Å²) in [6, 6.07) is 5.14. The van der Waals surface area contributed by atoms with Gasteiger partial charge in [0.25, 0.3) is 0 Å². The maximum absolute atomic E-state index is 11.9. The third kappa shape index (κ3) is 1.95. The second kappa shape index (κ2) is 3.98. The van der Waals surface area contributed by atoms with Crippen LogP contribution in [-0.2, 0) is 9.84 Å². The first-order valence-corrected chi connectivity index (χ1v) is 7.26. The van der Waals surface area contributed by atoms with Crippen molar-refractivity contribution >= 4 is 31.3 Å². The van der Waals surface area contributed by atoms with Crippen molar-refractivity contribution in [1.29, 1.82) is 0 Å². The molecule has 1 aliphatic rings. The van der Waals surface area contributed by atoms with E-state index >= 15 is 0 Å². The molecule has 86 valence electrons. The second-order valence-corrected chi connectivity index (χ2v) is 6.60. The van der Waals surface area contributed by atoms with E-state index in [2.05, 4.69) is 15.9 Å². The molecule has 0 aliphatic carbocycles. The molecule has 0 saturated carbocycles. The highest BCUT2D eigenvalue weighted by atomic mass is 79.9. The van der Waals surface area contributed by atoms with Gasteiger partial charge in [0.1, 0.15) is 0 Å². The topological polar surface area (TPSA) is 60.2 Å². The lowest BCUT2D eigenvalue weighted by Crippen LogP contribution is -2.14. The van der Waals surface area contributed by atoms with E-state index in [0.29, 0.717) is 11.3 Å². The van der Waals surface area contributed by atoms with Crippen LogP contribution in [0, 0.1) is 0 Å². The molecule has 2 N–H and O–H groups in total. The Hall–Kier alpha value is -0.650. The molecule has 0 radical (unpaired) electrons. The molecule has 16 heavy (non-hydrogen) atoms. The number of hydrogen-bond donors (Lipinski definition) is 1. The fraction of sp³-hybridized carbons (Fsp3) is 0.273. The molecule has 0 spiro atoms. The molecule has 1 heterocycles. The number of halogens is 1. The minimum absolute atomic E-state index is 0.0560. The van der Waals surface area contributed by atoms with Gasteiger partial charge in [-0.15, -0.1) is 0 Å². The molecule has 1 aromatic carbocycles. The van der Waals surface area contributed by atoms with E-state index < -0.39 is 9.84 Å². The molecule has 1 unspecified atom stereocenters. The fourth-order valence-electron chi connectivity index (χ4n) is 1.86. The smallest absolute Gasteiger partial charge is 0.200 e. The van der Waals surface area contributed by atoms with Crippen LogP contribution in [0.5, 0.6) is 0 Å². The van der Waals surface area contributed by atoms with Gasteiger partial charge in [0.15, 0.2) is 0 Å². The third-order valence-corrected chi connectivity index (χ3v) is 4.65. The Labute approximate surface area is 103 Å². The molecule has 5 heteroatoms. The van der Waals surface area contributed by atoms with Crippen molar-refractivity contribution in [1.82, 2.24) is 0 Å². The summed E-state index contributed by atoms with van der Waals surface area (Å²) in [5.74, 6) is 0. The first-order valence-electron chi connectivity index (χ1n) is 4.92. The number of rotatable bonds is 2. The minimum atomic E-state index is -3.27. The highest BCUT2D eigenvalue weighted by molar-refractivity contribution is 9.10. The number of fused-ring (bicyclic) bond motifs is 1. The van der Waals surface area contributed by atoms with Crippen molar-refractivity contribution in [2.45, 2.75) is 24.3 Å². The lowest BCUT2D eigenvalue weighted by Gasteiger charge is -2.08. The first-order chi connectivity index (χ1) is 7.42. The Morgan fingerprint density at radius 2 is 2.12 bits per heavy atom. The summed E-state index contributed by atoms with van der Waals surface area (Å²) in [6.07, 6.45) is 0.564. The molecular weight excluding hydrogens is 290 g/mol. The summed E-state index contributed by atoms with van der Waals surface area (Å²) in [7, 11) is -3.27. The van der Waals surface area contributed by atoms with E-state index in [4.69, 9.17) is 5.73 Å². The van der Waals surface area contributed by atoms with Gasteiger partial charge in [0.05, 0.1) is 4.90 Å². The fourth-order valence-corrected chi connectivity index (χ4v) is 4.12. The van der Waals surface area contributed by atoms with Crippen molar-refractivity contribution in [3.8, 4) is 0 Å². The number of sulfone groups is 1. The van der Waals surface area contributed by atoms with Crippen molar-refractivity contribution in [3.05, 3.63) is 33.6 Å². The molecule has 2 rings (SSSR count). The van der Waals surface area contributed by atoms with Crippen molar-refractivity contribution < 1.29 is 8.42 Å². The third-order valence-electron chi connectivity index (χ3n) is 2.44. The van der Waals surface area contributed by atoms with Gasteiger partial charge in [-0.2, -0.15) is 0 Å². The van der Waals surface area contributed by atoms with Gasteiger partial charge < -0.3 is 5.73 Å². The van der Waals surface area contributed by atoms with E-state index in [1.165, 1.54) is 5.41 Å². The van der Waals surface area contributed by atoms with Gasteiger partial charge in [-0.05, 0) is 31.1 Å². The highest BCUT2D eigenvalue weighted by Gasteiger charge is 2.28. The number of hydrogen-bond acceptors (Lipinski definition) is 3. The molecule has 1 aliphatic heterocycles. The molecule has 1 atom stereocenters. The Balaban J connectivity index is 2.62. The van der Waals surface area contributed by atoms with Crippen LogP contribution in [-0.4, -0.2) is 14.5 Å². The Morgan fingerprint density at radius 3 is 2.75 bits per heavy atom. The van der Waals surface area contributed by atoms with Crippen LogP contribution < -0.4 is 5.73 Å². The van der Waals surface area contributed by atoms with Crippen molar-refractivity contribution in [2.24, 2.45) is 5.73 Å². The van der Waals surface area contributed by atoms with Gasteiger partial charge in [-0.25, -0.2) is 8.42 Å². The monoisotopic (exact) mass is 301 g/mol. The molecule has 3 nitrogen and oxygen atoms in total. The quantitative estimate of drug-likeness (QED) is 0.912. The van der Waals surface area contributed by atoms with E-state index in [1.807, 2.05) is 13.0 Å². The minimum Gasteiger partial charge on any atom is -0.328 e. The zero-order chi connectivity index (χ0) is 11.9. The predicted molar refractivity (Wildman–Crippen MR) is 67.6 cm³/mol. The number of nitrogens with two attached hydrogens (primary N) is 1. The zero-order valence-corrected chi connectivity index (χ0v) is 11.2. The Kier molecular flexibility index (Phi) is 2.94. The van der Waals surface area contributed by atoms with Crippen LogP contribution in [0.25, 0.3) is 5.57 Å². The van der Waals surface area contributed by atoms with Crippen LogP contribution >= 0.6 is 15.9 Å². The average Bonchev–Trinajstić information content (AvgIpc) is 2.38. The summed E-state index contributed by atoms with van der Waals surface area (Å²) in [4.78, 5) is 0.373. The lowest BCUT2D eigenvalue weighted by molar-refractivity contribution is 0.605. The summed E-state index contributed by atoms with van der Waals surface area (Å²) >= 11 is 3.38. The van der Waals surface area contributed by atoms with E-state index in [9.17, 15) is 8.42 Å². The molecule has 0 saturated heterocycles. The normalized spacial score (nSPS) is 19.1. The molecule has 0 bridgehead atoms. The predicted octanol–water partition coefficient (Wildman–Crippen LogP) is 2.31. The average molecular weight is 302 g/mol. The van der Waals surface area contributed by atoms with Crippen LogP contribution in [0.1, 0.15) is 18.9 Å². The molecule has 0 amide bonds. The van der Waals surface area contributed by atoms with Gasteiger partial charge >= 0.3 is 0 Å². The molecule has 0 aromatic heterocycles. The summed E-state index contributed by atoms with van der Waals surface area (Å²) in [5, 5.41) is 1.33. The van der Waals surface area contributed by atoms with Gasteiger partial charge in [-0.1, -0.05) is 22.0 Å². The van der Waals surface area contributed by atoms with E-state index in [0.717, 1.165) is 15.6 Å². The van der Waals surface area contributed by atoms with Crippen molar-refractivity contribution in [3.63, 3.8) is 0 Å². The maximum atomic E-state index is 11.9.